The molecular weight excluding hydrogens is 558 g/mol. The summed E-state index contributed by atoms with van der Waals surface area (Å²) in [6.07, 6.45) is 0.0373. The molecule has 0 spiro atoms. The van der Waals surface area contributed by atoms with Crippen LogP contribution in [0.4, 0.5) is 18.9 Å². The summed E-state index contributed by atoms with van der Waals surface area (Å²) < 4.78 is 41.5. The first-order valence-corrected chi connectivity index (χ1v) is 13.2. The van der Waals surface area contributed by atoms with Crippen LogP contribution in [0.3, 0.4) is 0 Å². The van der Waals surface area contributed by atoms with Gasteiger partial charge in [-0.15, -0.1) is 0 Å². The van der Waals surface area contributed by atoms with E-state index in [4.69, 9.17) is 23.2 Å². The SMILES string of the molecule is O=C(NC1(C2CC2)CC1)c1c(NC(=O)c2cc(C(F)(F)F)nn2-c2ncccc2Cl)c(Cl)cc2c1C(O)CC2. The molecule has 2 saturated carbocycles. The zero-order valence-electron chi connectivity index (χ0n) is 20.3. The monoisotopic (exact) mass is 579 g/mol. The zero-order chi connectivity index (χ0) is 27.7. The predicted molar refractivity (Wildman–Crippen MR) is 136 cm³/mol. The van der Waals surface area contributed by atoms with Crippen molar-refractivity contribution in [1.82, 2.24) is 20.1 Å². The van der Waals surface area contributed by atoms with Gasteiger partial charge in [0.2, 0.25) is 0 Å². The van der Waals surface area contributed by atoms with Crippen LogP contribution in [0.2, 0.25) is 10.0 Å². The first kappa shape index (κ1) is 26.1. The first-order valence-electron chi connectivity index (χ1n) is 12.4. The lowest BCUT2D eigenvalue weighted by Gasteiger charge is -2.22. The minimum Gasteiger partial charge on any atom is -0.388 e. The molecule has 0 aliphatic heterocycles. The van der Waals surface area contributed by atoms with Crippen molar-refractivity contribution in [2.75, 3.05) is 5.32 Å². The van der Waals surface area contributed by atoms with Gasteiger partial charge in [-0.05, 0) is 73.8 Å². The number of alkyl halides is 3. The van der Waals surface area contributed by atoms with Crippen molar-refractivity contribution in [3.05, 3.63) is 68.6 Å². The van der Waals surface area contributed by atoms with Crippen LogP contribution < -0.4 is 10.6 Å². The molecule has 2 amide bonds. The third-order valence-electron chi connectivity index (χ3n) is 7.57. The van der Waals surface area contributed by atoms with E-state index in [-0.39, 0.29) is 32.7 Å². The van der Waals surface area contributed by atoms with E-state index < -0.39 is 35.5 Å². The molecule has 3 aromatic rings. The highest BCUT2D eigenvalue weighted by Gasteiger charge is 2.55. The fourth-order valence-corrected chi connectivity index (χ4v) is 5.82. The van der Waals surface area contributed by atoms with Crippen molar-refractivity contribution in [2.45, 2.75) is 56.3 Å². The van der Waals surface area contributed by atoms with Crippen LogP contribution >= 0.6 is 23.2 Å². The van der Waals surface area contributed by atoms with Gasteiger partial charge < -0.3 is 15.7 Å². The number of amides is 2. The highest BCUT2D eigenvalue weighted by atomic mass is 35.5. The number of aromatic nitrogens is 3. The molecule has 39 heavy (non-hydrogen) atoms. The summed E-state index contributed by atoms with van der Waals surface area (Å²) in [4.78, 5) is 31.2. The van der Waals surface area contributed by atoms with Gasteiger partial charge in [0, 0.05) is 17.8 Å². The van der Waals surface area contributed by atoms with E-state index in [1.807, 2.05) is 0 Å². The van der Waals surface area contributed by atoms with Gasteiger partial charge in [-0.1, -0.05) is 23.2 Å². The van der Waals surface area contributed by atoms with E-state index in [0.717, 1.165) is 25.7 Å². The molecule has 3 aliphatic carbocycles. The molecule has 1 unspecified atom stereocenters. The summed E-state index contributed by atoms with van der Waals surface area (Å²) in [6, 6.07) is 5.01. The van der Waals surface area contributed by atoms with Gasteiger partial charge >= 0.3 is 6.18 Å². The van der Waals surface area contributed by atoms with Gasteiger partial charge in [-0.2, -0.15) is 18.3 Å². The summed E-state index contributed by atoms with van der Waals surface area (Å²) in [5, 5.41) is 19.9. The minimum atomic E-state index is -4.86. The lowest BCUT2D eigenvalue weighted by molar-refractivity contribution is -0.141. The number of aliphatic hydroxyl groups is 1. The second-order valence-corrected chi connectivity index (χ2v) is 11.0. The number of anilines is 1. The average Bonchev–Trinajstić information content (AvgIpc) is 3.79. The number of fused-ring (bicyclic) bond motifs is 1. The van der Waals surface area contributed by atoms with Crippen LogP contribution in [-0.2, 0) is 12.6 Å². The number of nitrogens with zero attached hydrogens (tertiary/aromatic N) is 3. The largest absolute Gasteiger partial charge is 0.435 e. The Morgan fingerprint density at radius 2 is 1.85 bits per heavy atom. The molecule has 0 radical (unpaired) electrons. The summed E-state index contributed by atoms with van der Waals surface area (Å²) >= 11 is 12.7. The molecular formula is C26H22Cl2F3N5O3. The van der Waals surface area contributed by atoms with Crippen LogP contribution in [0.5, 0.6) is 0 Å². The second kappa shape index (κ2) is 9.21. The number of carbonyl (C=O) groups excluding carboxylic acids is 2. The molecule has 3 N–H and O–H groups in total. The van der Waals surface area contributed by atoms with E-state index in [0.29, 0.717) is 40.6 Å². The van der Waals surface area contributed by atoms with Gasteiger partial charge in [0.15, 0.2) is 11.5 Å². The topological polar surface area (TPSA) is 109 Å². The smallest absolute Gasteiger partial charge is 0.388 e. The molecule has 204 valence electrons. The van der Waals surface area contributed by atoms with Crippen molar-refractivity contribution in [3.63, 3.8) is 0 Å². The van der Waals surface area contributed by atoms with Gasteiger partial charge in [-0.25, -0.2) is 9.67 Å². The zero-order valence-corrected chi connectivity index (χ0v) is 21.8. The highest BCUT2D eigenvalue weighted by Crippen LogP contribution is 2.54. The second-order valence-electron chi connectivity index (χ2n) is 10.2. The van der Waals surface area contributed by atoms with Gasteiger partial charge in [0.25, 0.3) is 11.8 Å². The van der Waals surface area contributed by atoms with Crippen LogP contribution in [0.25, 0.3) is 5.82 Å². The molecule has 13 heteroatoms. The number of nitrogens with one attached hydrogen (secondary N) is 2. The van der Waals surface area contributed by atoms with E-state index >= 15 is 0 Å². The molecule has 0 saturated heterocycles. The lowest BCUT2D eigenvalue weighted by Crippen LogP contribution is -2.39. The quantitative estimate of drug-likeness (QED) is 0.357. The van der Waals surface area contributed by atoms with Gasteiger partial charge in [0.05, 0.1) is 27.4 Å². The summed E-state index contributed by atoms with van der Waals surface area (Å²) in [5.74, 6) is -1.32. The Balaban J connectivity index is 1.42. The minimum absolute atomic E-state index is 0.0146. The van der Waals surface area contributed by atoms with Crippen LogP contribution in [0, 0.1) is 5.92 Å². The van der Waals surface area contributed by atoms with Crippen molar-refractivity contribution >= 4 is 40.7 Å². The van der Waals surface area contributed by atoms with E-state index in [1.165, 1.54) is 18.3 Å². The number of halogens is 5. The van der Waals surface area contributed by atoms with E-state index in [9.17, 15) is 27.9 Å². The standard InChI is InChI=1S/C26H22Cl2F3N5O3/c27-14-2-1-9-32-22(14)36-16(11-18(35-36)26(29,30)31)23(38)33-21-15(28)10-12-3-6-17(37)19(12)20(21)24(39)34-25(7-8-25)13-4-5-13/h1-2,9-11,13,17,37H,3-8H2,(H,33,38)(H,34,39). The summed E-state index contributed by atoms with van der Waals surface area (Å²) in [5.41, 5.74) is -1.22. The maximum Gasteiger partial charge on any atom is 0.435 e. The summed E-state index contributed by atoms with van der Waals surface area (Å²) in [7, 11) is 0. The molecule has 1 aromatic carbocycles. The predicted octanol–water partition coefficient (Wildman–Crippen LogP) is 5.50. The average molecular weight is 580 g/mol. The van der Waals surface area contributed by atoms with Gasteiger partial charge in [-0.3, -0.25) is 9.59 Å². The van der Waals surface area contributed by atoms with Crippen molar-refractivity contribution in [3.8, 4) is 5.82 Å². The molecule has 0 bridgehead atoms. The third-order valence-corrected chi connectivity index (χ3v) is 8.17. The van der Waals surface area contributed by atoms with E-state index in [2.05, 4.69) is 20.7 Å². The number of pyridine rings is 1. The molecule has 2 heterocycles. The fraction of sp³-hybridized carbons (Fsp3) is 0.385. The third kappa shape index (κ3) is 4.66. The Kier molecular flexibility index (Phi) is 6.16. The van der Waals surface area contributed by atoms with Gasteiger partial charge in [0.1, 0.15) is 5.69 Å². The number of aryl methyl sites for hydroxylation is 1. The normalized spacial score (nSPS) is 19.5. The van der Waals surface area contributed by atoms with Crippen LogP contribution in [0.1, 0.15) is 75.9 Å². The molecule has 2 fully saturated rings. The van der Waals surface area contributed by atoms with Crippen molar-refractivity contribution in [1.29, 1.82) is 0 Å². The van der Waals surface area contributed by atoms with Crippen molar-refractivity contribution in [2.24, 2.45) is 5.92 Å². The number of hydrogen-bond acceptors (Lipinski definition) is 5. The number of carbonyl (C=O) groups is 2. The molecule has 6 rings (SSSR count). The Hall–Kier alpha value is -3.15. The number of aliphatic hydroxyl groups excluding tert-OH is 1. The Morgan fingerprint density at radius 3 is 2.49 bits per heavy atom. The maximum absolute atomic E-state index is 13.7. The number of hydrogen-bond donors (Lipinski definition) is 3. The Bertz CT molecular complexity index is 1520. The maximum atomic E-state index is 13.7. The number of benzene rings is 1. The van der Waals surface area contributed by atoms with Crippen LogP contribution in [0.15, 0.2) is 30.5 Å². The number of rotatable bonds is 6. The molecule has 1 atom stereocenters. The van der Waals surface area contributed by atoms with Crippen molar-refractivity contribution < 1.29 is 27.9 Å². The van der Waals surface area contributed by atoms with Crippen LogP contribution in [-0.4, -0.2) is 37.2 Å². The highest BCUT2D eigenvalue weighted by molar-refractivity contribution is 6.35. The lowest BCUT2D eigenvalue weighted by atomic mass is 9.98. The Labute approximate surface area is 230 Å². The molecule has 2 aromatic heterocycles. The Morgan fingerprint density at radius 1 is 1.10 bits per heavy atom. The molecule has 3 aliphatic rings. The molecule has 8 nitrogen and oxygen atoms in total. The summed E-state index contributed by atoms with van der Waals surface area (Å²) in [6.45, 7) is 0. The first-order chi connectivity index (χ1) is 18.5. The van der Waals surface area contributed by atoms with E-state index in [1.54, 1.807) is 6.07 Å². The fourth-order valence-electron chi connectivity index (χ4n) is 5.35.